The normalized spacial score (nSPS) is 12.4. The lowest BCUT2D eigenvalue weighted by atomic mass is 9.99. The van der Waals surface area contributed by atoms with Gasteiger partial charge in [-0.2, -0.15) is 0 Å². The quantitative estimate of drug-likeness (QED) is 0.723. The molecule has 2 aromatic carbocycles. The third-order valence-electron chi connectivity index (χ3n) is 4.12. The van der Waals surface area contributed by atoms with Crippen LogP contribution in [0.1, 0.15) is 38.2 Å². The first-order valence-corrected chi connectivity index (χ1v) is 7.98. The number of carboxylic acids is 1. The first-order valence-electron chi connectivity index (χ1n) is 7.98. The van der Waals surface area contributed by atoms with Crippen molar-refractivity contribution in [1.82, 2.24) is 0 Å². The molecule has 1 amide bonds. The Morgan fingerprint density at radius 3 is 2.46 bits per heavy atom. The summed E-state index contributed by atoms with van der Waals surface area (Å²) in [5, 5.41) is 13.8. The summed E-state index contributed by atoms with van der Waals surface area (Å²) >= 11 is 0. The number of aliphatic carboxylic acids is 1. The highest BCUT2D eigenvalue weighted by molar-refractivity contribution is 6.07. The van der Waals surface area contributed by atoms with Gasteiger partial charge in [0.1, 0.15) is 11.2 Å². The largest absolute Gasteiger partial charge is 0.481 e. The summed E-state index contributed by atoms with van der Waals surface area (Å²) in [5.74, 6) is -1.48. The molecule has 0 aliphatic heterocycles. The molecular weight excluding hydrogens is 306 g/mol. The number of benzene rings is 2. The number of carbonyl (C=O) groups excluding carboxylic acids is 1. The minimum Gasteiger partial charge on any atom is -0.481 e. The molecule has 2 N–H and O–H groups in total. The number of nitrogens with one attached hydrogen (secondary N) is 1. The van der Waals surface area contributed by atoms with Gasteiger partial charge in [0.2, 0.25) is 5.91 Å². The van der Waals surface area contributed by atoms with Crippen LogP contribution in [0, 0.1) is 0 Å². The molecule has 0 saturated heterocycles. The molecule has 5 heteroatoms. The molecule has 24 heavy (non-hydrogen) atoms. The van der Waals surface area contributed by atoms with Gasteiger partial charge in [0.25, 0.3) is 0 Å². The Morgan fingerprint density at radius 1 is 1.12 bits per heavy atom. The highest BCUT2D eigenvalue weighted by atomic mass is 16.4. The smallest absolute Gasteiger partial charge is 0.310 e. The molecule has 0 spiro atoms. The molecule has 0 saturated carbocycles. The molecule has 124 valence electrons. The van der Waals surface area contributed by atoms with E-state index in [1.807, 2.05) is 25.1 Å². The average molecular weight is 325 g/mol. The zero-order valence-corrected chi connectivity index (χ0v) is 13.6. The van der Waals surface area contributed by atoms with Gasteiger partial charge in [-0.3, -0.25) is 9.59 Å². The maximum absolute atomic E-state index is 11.8. The lowest BCUT2D eigenvalue weighted by Gasteiger charge is -2.06. The van der Waals surface area contributed by atoms with Crippen LogP contribution in [-0.2, 0) is 9.59 Å². The van der Waals surface area contributed by atoms with Crippen LogP contribution in [0.4, 0.5) is 5.69 Å². The predicted molar refractivity (Wildman–Crippen MR) is 93.3 cm³/mol. The number of rotatable bonds is 5. The van der Waals surface area contributed by atoms with Crippen LogP contribution in [0.25, 0.3) is 21.9 Å². The molecule has 0 bridgehead atoms. The van der Waals surface area contributed by atoms with Gasteiger partial charge in [-0.05, 0) is 49.2 Å². The lowest BCUT2D eigenvalue weighted by molar-refractivity contribution is -0.138. The van der Waals surface area contributed by atoms with E-state index in [1.54, 1.807) is 25.1 Å². The van der Waals surface area contributed by atoms with Gasteiger partial charge in [-0.15, -0.1) is 0 Å². The number of furan rings is 1. The number of carboxylic acid groups (broad SMARTS) is 1. The van der Waals surface area contributed by atoms with E-state index < -0.39 is 11.9 Å². The monoisotopic (exact) mass is 325 g/mol. The van der Waals surface area contributed by atoms with E-state index in [9.17, 15) is 14.7 Å². The summed E-state index contributed by atoms with van der Waals surface area (Å²) in [6.45, 7) is 3.61. The van der Waals surface area contributed by atoms with Gasteiger partial charge in [-0.25, -0.2) is 0 Å². The van der Waals surface area contributed by atoms with Gasteiger partial charge in [0.05, 0.1) is 5.92 Å². The van der Waals surface area contributed by atoms with Crippen LogP contribution in [0.5, 0.6) is 0 Å². The number of anilines is 1. The van der Waals surface area contributed by atoms with E-state index in [0.717, 1.165) is 22.8 Å². The maximum atomic E-state index is 11.8. The Bertz CT molecular complexity index is 926. The Balaban J connectivity index is 2.06. The average Bonchev–Trinajstić information content (AvgIpc) is 2.91. The van der Waals surface area contributed by atoms with Crippen molar-refractivity contribution >= 4 is 39.5 Å². The summed E-state index contributed by atoms with van der Waals surface area (Å²) in [7, 11) is 0. The fourth-order valence-corrected chi connectivity index (χ4v) is 2.74. The van der Waals surface area contributed by atoms with E-state index in [2.05, 4.69) is 5.32 Å². The van der Waals surface area contributed by atoms with Crippen molar-refractivity contribution in [3.8, 4) is 0 Å². The fraction of sp³-hybridized carbons (Fsp3) is 0.263. The van der Waals surface area contributed by atoms with Crippen molar-refractivity contribution in [3.63, 3.8) is 0 Å². The van der Waals surface area contributed by atoms with E-state index in [4.69, 9.17) is 4.42 Å². The highest BCUT2D eigenvalue weighted by Gasteiger charge is 2.16. The molecule has 1 heterocycles. The summed E-state index contributed by atoms with van der Waals surface area (Å²) < 4.78 is 5.79. The van der Waals surface area contributed by atoms with Gasteiger partial charge in [-0.1, -0.05) is 13.0 Å². The van der Waals surface area contributed by atoms with Crippen molar-refractivity contribution < 1.29 is 19.1 Å². The Labute approximate surface area is 139 Å². The van der Waals surface area contributed by atoms with E-state index in [0.29, 0.717) is 23.3 Å². The number of hydrogen-bond donors (Lipinski definition) is 2. The van der Waals surface area contributed by atoms with Gasteiger partial charge >= 0.3 is 5.97 Å². The van der Waals surface area contributed by atoms with Crippen LogP contribution in [0.2, 0.25) is 0 Å². The molecule has 1 atom stereocenters. The molecule has 3 rings (SSSR count). The van der Waals surface area contributed by atoms with Crippen molar-refractivity contribution in [2.75, 3.05) is 5.32 Å². The fourth-order valence-electron chi connectivity index (χ4n) is 2.74. The minimum atomic E-state index is -0.866. The third kappa shape index (κ3) is 2.97. The van der Waals surface area contributed by atoms with Crippen LogP contribution in [0.3, 0.4) is 0 Å². The third-order valence-corrected chi connectivity index (χ3v) is 4.12. The van der Waals surface area contributed by atoms with Crippen molar-refractivity contribution in [2.45, 2.75) is 32.6 Å². The topological polar surface area (TPSA) is 79.5 Å². The van der Waals surface area contributed by atoms with Crippen molar-refractivity contribution in [2.24, 2.45) is 0 Å². The SMILES string of the molecule is CCCC(=O)Nc1ccc2oc3ccc(C(C)C(=O)O)cc3c2c1. The number of carbonyl (C=O) groups is 2. The molecule has 1 aromatic heterocycles. The van der Waals surface area contributed by atoms with Crippen LogP contribution < -0.4 is 5.32 Å². The van der Waals surface area contributed by atoms with E-state index in [-0.39, 0.29) is 5.91 Å². The number of hydrogen-bond acceptors (Lipinski definition) is 3. The Kier molecular flexibility index (Phi) is 4.25. The number of fused-ring (bicyclic) bond motifs is 3. The molecule has 0 aliphatic rings. The van der Waals surface area contributed by atoms with E-state index >= 15 is 0 Å². The summed E-state index contributed by atoms with van der Waals surface area (Å²) in [5.41, 5.74) is 2.83. The molecule has 0 fully saturated rings. The maximum Gasteiger partial charge on any atom is 0.310 e. The minimum absolute atomic E-state index is 0.0233. The van der Waals surface area contributed by atoms with Crippen LogP contribution >= 0.6 is 0 Å². The highest BCUT2D eigenvalue weighted by Crippen LogP contribution is 2.33. The van der Waals surface area contributed by atoms with Gasteiger partial charge in [0.15, 0.2) is 0 Å². The second kappa shape index (κ2) is 6.35. The molecular formula is C19H19NO4. The summed E-state index contributed by atoms with van der Waals surface area (Å²) in [6, 6.07) is 10.9. The van der Waals surface area contributed by atoms with Crippen molar-refractivity contribution in [1.29, 1.82) is 0 Å². The lowest BCUT2D eigenvalue weighted by Crippen LogP contribution is -2.10. The first kappa shape index (κ1) is 16.1. The summed E-state index contributed by atoms with van der Waals surface area (Å²) in [4.78, 5) is 23.0. The van der Waals surface area contributed by atoms with Crippen molar-refractivity contribution in [3.05, 3.63) is 42.0 Å². The van der Waals surface area contributed by atoms with Crippen LogP contribution in [-0.4, -0.2) is 17.0 Å². The molecule has 3 aromatic rings. The predicted octanol–water partition coefficient (Wildman–Crippen LogP) is 4.51. The van der Waals surface area contributed by atoms with Gasteiger partial charge < -0.3 is 14.8 Å². The standard InChI is InChI=1S/C19H19NO4/c1-3-4-18(21)20-13-6-8-17-15(10-13)14-9-12(11(2)19(22)23)5-7-16(14)24-17/h5-11H,3-4H2,1-2H3,(H,20,21)(H,22,23). The van der Waals surface area contributed by atoms with Crippen LogP contribution in [0.15, 0.2) is 40.8 Å². The van der Waals surface area contributed by atoms with Gasteiger partial charge in [0, 0.05) is 22.9 Å². The molecule has 0 aliphatic carbocycles. The Hall–Kier alpha value is -2.82. The zero-order chi connectivity index (χ0) is 17.3. The number of amides is 1. The molecule has 0 radical (unpaired) electrons. The molecule has 1 unspecified atom stereocenters. The second-order valence-electron chi connectivity index (χ2n) is 5.93. The zero-order valence-electron chi connectivity index (χ0n) is 13.6. The second-order valence-corrected chi connectivity index (χ2v) is 5.93. The summed E-state index contributed by atoms with van der Waals surface area (Å²) in [6.07, 6.45) is 1.27. The Morgan fingerprint density at radius 2 is 1.79 bits per heavy atom. The van der Waals surface area contributed by atoms with E-state index in [1.165, 1.54) is 0 Å². The molecule has 5 nitrogen and oxygen atoms in total. The first-order chi connectivity index (χ1) is 11.5.